The molecule has 4 rings (SSSR count). The average Bonchev–Trinajstić information content (AvgIpc) is 2.83. The van der Waals surface area contributed by atoms with Crippen molar-refractivity contribution >= 4 is 17.8 Å². The van der Waals surface area contributed by atoms with Crippen molar-refractivity contribution in [3.63, 3.8) is 0 Å². The van der Waals surface area contributed by atoms with Crippen molar-refractivity contribution in [3.8, 4) is 0 Å². The molecule has 1 aliphatic heterocycles. The molecule has 31 heavy (non-hydrogen) atoms. The first-order valence-electron chi connectivity index (χ1n) is 11.3. The van der Waals surface area contributed by atoms with Gasteiger partial charge in [0, 0.05) is 31.4 Å². The summed E-state index contributed by atoms with van der Waals surface area (Å²) in [4.78, 5) is 36.8. The highest BCUT2D eigenvalue weighted by Crippen LogP contribution is 2.41. The summed E-state index contributed by atoms with van der Waals surface area (Å²) in [6.07, 6.45) is 9.71. The number of benzene rings is 1. The summed E-state index contributed by atoms with van der Waals surface area (Å²) in [6, 6.07) is 9.91. The van der Waals surface area contributed by atoms with Gasteiger partial charge in [-0.25, -0.2) is 9.97 Å². The topological polar surface area (TPSA) is 87.2 Å². The van der Waals surface area contributed by atoms with Gasteiger partial charge < -0.3 is 4.90 Å². The number of amides is 2. The molecule has 1 aromatic heterocycles. The number of carbonyl (C=O) groups excluding carboxylic acids is 2. The lowest BCUT2D eigenvalue weighted by molar-refractivity contribution is -0.135. The second-order valence-electron chi connectivity index (χ2n) is 8.71. The average molecular weight is 422 g/mol. The Morgan fingerprint density at radius 3 is 2.32 bits per heavy atom. The first-order chi connectivity index (χ1) is 15.1. The van der Waals surface area contributed by atoms with E-state index in [1.807, 2.05) is 12.1 Å². The molecule has 2 heterocycles. The van der Waals surface area contributed by atoms with Crippen LogP contribution >= 0.6 is 0 Å². The van der Waals surface area contributed by atoms with Crippen LogP contribution in [0.3, 0.4) is 0 Å². The smallest absolute Gasteiger partial charge is 0.249 e. The second-order valence-corrected chi connectivity index (χ2v) is 8.71. The standard InChI is InChI=1S/C24H31N5O2/c1-18-8-3-4-9-20(18)24(12-5-2-6-13-24)22(31)28-27-21(30)19-10-16-29(17-11-19)23-25-14-7-15-26-23/h3-4,7-9,14-15,19H,2,5-6,10-13,16-17H2,1H3,(H,27,30)(H,28,31). The highest BCUT2D eigenvalue weighted by Gasteiger charge is 2.42. The molecule has 1 saturated heterocycles. The zero-order valence-electron chi connectivity index (χ0n) is 18.1. The Morgan fingerprint density at radius 2 is 1.65 bits per heavy atom. The van der Waals surface area contributed by atoms with E-state index in [0.29, 0.717) is 18.8 Å². The van der Waals surface area contributed by atoms with Crippen molar-refractivity contribution in [1.29, 1.82) is 0 Å². The third kappa shape index (κ3) is 4.55. The van der Waals surface area contributed by atoms with E-state index in [1.165, 1.54) is 0 Å². The highest BCUT2D eigenvalue weighted by atomic mass is 16.2. The van der Waals surface area contributed by atoms with Crippen LogP contribution in [0.15, 0.2) is 42.7 Å². The van der Waals surface area contributed by atoms with Gasteiger partial charge >= 0.3 is 0 Å². The van der Waals surface area contributed by atoms with Gasteiger partial charge in [-0.1, -0.05) is 43.5 Å². The molecule has 2 fully saturated rings. The van der Waals surface area contributed by atoms with Crippen LogP contribution in [-0.2, 0) is 15.0 Å². The summed E-state index contributed by atoms with van der Waals surface area (Å²) in [5.41, 5.74) is 7.15. The van der Waals surface area contributed by atoms with Gasteiger partial charge in [0.2, 0.25) is 17.8 Å². The molecule has 2 aliphatic rings. The number of hydrazine groups is 1. The summed E-state index contributed by atoms with van der Waals surface area (Å²) in [6.45, 7) is 3.51. The summed E-state index contributed by atoms with van der Waals surface area (Å²) in [7, 11) is 0. The van der Waals surface area contributed by atoms with Gasteiger partial charge in [-0.05, 0) is 49.8 Å². The SMILES string of the molecule is Cc1ccccc1C1(C(=O)NNC(=O)C2CCN(c3ncccn3)CC2)CCCCC1. The number of piperidine rings is 1. The van der Waals surface area contributed by atoms with E-state index in [0.717, 1.165) is 56.3 Å². The summed E-state index contributed by atoms with van der Waals surface area (Å²) in [5.74, 6) is 0.371. The largest absolute Gasteiger partial charge is 0.341 e. The number of nitrogens with zero attached hydrogens (tertiary/aromatic N) is 3. The van der Waals surface area contributed by atoms with Gasteiger partial charge in [0.25, 0.3) is 0 Å². The number of anilines is 1. The normalized spacial score (nSPS) is 18.9. The molecule has 2 N–H and O–H groups in total. The molecule has 1 saturated carbocycles. The Bertz CT molecular complexity index is 903. The van der Waals surface area contributed by atoms with Crippen LogP contribution in [0.25, 0.3) is 0 Å². The molecular formula is C24H31N5O2. The molecule has 0 spiro atoms. The number of nitrogens with one attached hydrogen (secondary N) is 2. The molecule has 7 nitrogen and oxygen atoms in total. The van der Waals surface area contributed by atoms with Crippen molar-refractivity contribution in [2.45, 2.75) is 57.3 Å². The molecule has 0 radical (unpaired) electrons. The minimum atomic E-state index is -0.565. The Kier molecular flexibility index (Phi) is 6.49. The van der Waals surface area contributed by atoms with Crippen molar-refractivity contribution in [3.05, 3.63) is 53.9 Å². The fourth-order valence-corrected chi connectivity index (χ4v) is 5.02. The van der Waals surface area contributed by atoms with Crippen LogP contribution in [0, 0.1) is 12.8 Å². The predicted octanol–water partition coefficient (Wildman–Crippen LogP) is 3.05. The number of hydrogen-bond donors (Lipinski definition) is 2. The quantitative estimate of drug-likeness (QED) is 0.741. The summed E-state index contributed by atoms with van der Waals surface area (Å²) in [5, 5.41) is 0. The van der Waals surface area contributed by atoms with Crippen LogP contribution in [0.5, 0.6) is 0 Å². The predicted molar refractivity (Wildman–Crippen MR) is 119 cm³/mol. The molecule has 7 heteroatoms. The Balaban J connectivity index is 1.36. The lowest BCUT2D eigenvalue weighted by Gasteiger charge is -2.37. The van der Waals surface area contributed by atoms with Crippen molar-refractivity contribution in [2.75, 3.05) is 18.0 Å². The fourth-order valence-electron chi connectivity index (χ4n) is 5.02. The number of aromatic nitrogens is 2. The molecule has 2 amide bonds. The maximum absolute atomic E-state index is 13.3. The first-order valence-corrected chi connectivity index (χ1v) is 11.3. The zero-order chi connectivity index (χ0) is 21.7. The highest BCUT2D eigenvalue weighted by molar-refractivity contribution is 5.91. The maximum Gasteiger partial charge on any atom is 0.249 e. The van der Waals surface area contributed by atoms with Gasteiger partial charge in [-0.2, -0.15) is 0 Å². The Labute approximate surface area is 183 Å². The first kappa shape index (κ1) is 21.3. The molecule has 1 aromatic carbocycles. The summed E-state index contributed by atoms with van der Waals surface area (Å²) >= 11 is 0. The second kappa shape index (κ2) is 9.45. The molecule has 1 aliphatic carbocycles. The molecule has 0 unspecified atom stereocenters. The number of rotatable bonds is 4. The zero-order valence-corrected chi connectivity index (χ0v) is 18.1. The van der Waals surface area contributed by atoms with Crippen LogP contribution < -0.4 is 15.8 Å². The van der Waals surface area contributed by atoms with Gasteiger partial charge in [0.05, 0.1) is 5.41 Å². The van der Waals surface area contributed by atoms with Crippen molar-refractivity contribution in [1.82, 2.24) is 20.8 Å². The minimum Gasteiger partial charge on any atom is -0.341 e. The fraction of sp³-hybridized carbons (Fsp3) is 0.500. The third-order valence-corrected chi connectivity index (χ3v) is 6.80. The molecule has 2 aromatic rings. The molecule has 0 bridgehead atoms. The molecule has 0 atom stereocenters. The van der Waals surface area contributed by atoms with Crippen LogP contribution in [0.2, 0.25) is 0 Å². The van der Waals surface area contributed by atoms with E-state index >= 15 is 0 Å². The van der Waals surface area contributed by atoms with Gasteiger partial charge in [-0.3, -0.25) is 20.4 Å². The summed E-state index contributed by atoms with van der Waals surface area (Å²) < 4.78 is 0. The van der Waals surface area contributed by atoms with Gasteiger partial charge in [0.15, 0.2) is 0 Å². The minimum absolute atomic E-state index is 0.0926. The Hall–Kier alpha value is -2.96. The van der Waals surface area contributed by atoms with Gasteiger partial charge in [0.1, 0.15) is 0 Å². The Morgan fingerprint density at radius 1 is 0.968 bits per heavy atom. The monoisotopic (exact) mass is 421 g/mol. The van der Waals surface area contributed by atoms with Crippen molar-refractivity contribution < 1.29 is 9.59 Å². The van der Waals surface area contributed by atoms with Crippen molar-refractivity contribution in [2.24, 2.45) is 5.92 Å². The molecular weight excluding hydrogens is 390 g/mol. The van der Waals surface area contributed by atoms with Crippen LogP contribution in [0.1, 0.15) is 56.1 Å². The van der Waals surface area contributed by atoms with E-state index in [1.54, 1.807) is 18.5 Å². The van der Waals surface area contributed by atoms with E-state index in [-0.39, 0.29) is 17.7 Å². The number of hydrogen-bond acceptors (Lipinski definition) is 5. The van der Waals surface area contributed by atoms with E-state index in [2.05, 4.69) is 44.8 Å². The third-order valence-electron chi connectivity index (χ3n) is 6.80. The lowest BCUT2D eigenvalue weighted by Crippen LogP contribution is -2.54. The molecule has 164 valence electrons. The number of carbonyl (C=O) groups is 2. The van der Waals surface area contributed by atoms with E-state index in [9.17, 15) is 9.59 Å². The van der Waals surface area contributed by atoms with E-state index in [4.69, 9.17) is 0 Å². The van der Waals surface area contributed by atoms with E-state index < -0.39 is 5.41 Å². The van der Waals surface area contributed by atoms with Crippen LogP contribution in [-0.4, -0.2) is 34.9 Å². The number of aryl methyl sites for hydroxylation is 1. The van der Waals surface area contributed by atoms with Crippen LogP contribution in [0.4, 0.5) is 5.95 Å². The van der Waals surface area contributed by atoms with Gasteiger partial charge in [-0.15, -0.1) is 0 Å². The maximum atomic E-state index is 13.3. The lowest BCUT2D eigenvalue weighted by atomic mass is 9.67.